The van der Waals surface area contributed by atoms with Gasteiger partial charge in [-0.3, -0.25) is 0 Å². The molecule has 0 unspecified atom stereocenters. The summed E-state index contributed by atoms with van der Waals surface area (Å²) < 4.78 is 5.26. The highest BCUT2D eigenvalue weighted by molar-refractivity contribution is 6.43. The summed E-state index contributed by atoms with van der Waals surface area (Å²) >= 11 is 12.8. The Morgan fingerprint density at radius 2 is 1.39 bits per heavy atom. The summed E-state index contributed by atoms with van der Waals surface area (Å²) in [6.45, 7) is 2.41. The van der Waals surface area contributed by atoms with Gasteiger partial charge in [-0.1, -0.05) is 49.0 Å². The van der Waals surface area contributed by atoms with Gasteiger partial charge in [-0.2, -0.15) is 0 Å². The van der Waals surface area contributed by atoms with E-state index in [9.17, 15) is 0 Å². The highest BCUT2D eigenvalue weighted by Crippen LogP contribution is 2.46. The van der Waals surface area contributed by atoms with E-state index in [2.05, 4.69) is 13.0 Å². The number of hydrogen-bond donors (Lipinski definition) is 0. The van der Waals surface area contributed by atoms with Crippen molar-refractivity contribution < 1.29 is 4.74 Å². The van der Waals surface area contributed by atoms with Crippen molar-refractivity contribution in [1.82, 2.24) is 0 Å². The molecule has 128 valence electrons. The SMILES string of the molecule is COc1ccc(C2CCC(C3CCC(C)CC3)CC2)c(Cl)c1Cl. The molecule has 1 nitrogen and oxygen atoms in total. The normalized spacial score (nSPS) is 31.8. The van der Waals surface area contributed by atoms with Gasteiger partial charge < -0.3 is 4.74 Å². The molecule has 0 N–H and O–H groups in total. The van der Waals surface area contributed by atoms with Gasteiger partial charge >= 0.3 is 0 Å². The molecule has 0 aliphatic heterocycles. The van der Waals surface area contributed by atoms with E-state index in [-0.39, 0.29) is 0 Å². The maximum Gasteiger partial charge on any atom is 0.138 e. The molecule has 2 saturated carbocycles. The van der Waals surface area contributed by atoms with Crippen molar-refractivity contribution >= 4 is 23.2 Å². The predicted octanol–water partition coefficient (Wildman–Crippen LogP) is 7.10. The topological polar surface area (TPSA) is 9.23 Å². The van der Waals surface area contributed by atoms with Gasteiger partial charge in [-0.05, 0) is 73.8 Å². The summed E-state index contributed by atoms with van der Waals surface area (Å²) in [6.07, 6.45) is 11.0. The fourth-order valence-corrected chi connectivity index (χ4v) is 5.24. The molecule has 0 atom stereocenters. The van der Waals surface area contributed by atoms with Crippen LogP contribution in [0.25, 0.3) is 0 Å². The molecule has 0 bridgehead atoms. The first-order chi connectivity index (χ1) is 11.1. The van der Waals surface area contributed by atoms with Gasteiger partial charge in [0.25, 0.3) is 0 Å². The van der Waals surface area contributed by atoms with E-state index in [0.717, 1.165) is 17.8 Å². The second-order valence-corrected chi connectivity index (χ2v) is 8.37. The second kappa shape index (κ2) is 7.66. The summed E-state index contributed by atoms with van der Waals surface area (Å²) in [5.74, 6) is 4.09. The molecule has 0 amide bonds. The average Bonchev–Trinajstić information content (AvgIpc) is 2.58. The van der Waals surface area contributed by atoms with E-state index < -0.39 is 0 Å². The van der Waals surface area contributed by atoms with E-state index >= 15 is 0 Å². The minimum absolute atomic E-state index is 0.560. The van der Waals surface area contributed by atoms with E-state index in [1.807, 2.05) is 6.07 Å². The number of ether oxygens (including phenoxy) is 1. The highest BCUT2D eigenvalue weighted by Gasteiger charge is 2.31. The fourth-order valence-electron chi connectivity index (χ4n) is 4.68. The molecule has 2 aliphatic carbocycles. The van der Waals surface area contributed by atoms with Crippen LogP contribution in [0.1, 0.15) is 69.8 Å². The predicted molar refractivity (Wildman–Crippen MR) is 98.8 cm³/mol. The summed E-state index contributed by atoms with van der Waals surface area (Å²) in [4.78, 5) is 0. The lowest BCUT2D eigenvalue weighted by molar-refractivity contribution is 0.165. The molecule has 0 spiro atoms. The van der Waals surface area contributed by atoms with Gasteiger partial charge in [0.05, 0.1) is 12.1 Å². The van der Waals surface area contributed by atoms with E-state index in [0.29, 0.717) is 21.7 Å². The molecule has 0 radical (unpaired) electrons. The Hall–Kier alpha value is -0.400. The molecule has 3 heteroatoms. The third-order valence-corrected chi connectivity index (χ3v) is 7.11. The number of hydrogen-bond acceptors (Lipinski definition) is 1. The van der Waals surface area contributed by atoms with Crippen LogP contribution in [0.3, 0.4) is 0 Å². The molecule has 0 heterocycles. The molecular weight excluding hydrogens is 327 g/mol. The Balaban J connectivity index is 1.62. The van der Waals surface area contributed by atoms with Crippen LogP contribution in [0.15, 0.2) is 12.1 Å². The maximum atomic E-state index is 6.50. The number of methoxy groups -OCH3 is 1. The van der Waals surface area contributed by atoms with Crippen molar-refractivity contribution in [2.75, 3.05) is 7.11 Å². The number of halogens is 2. The zero-order chi connectivity index (χ0) is 16.4. The van der Waals surface area contributed by atoms with Gasteiger partial charge in [0.2, 0.25) is 0 Å². The van der Waals surface area contributed by atoms with Crippen LogP contribution in [0.4, 0.5) is 0 Å². The van der Waals surface area contributed by atoms with Gasteiger partial charge in [-0.25, -0.2) is 0 Å². The van der Waals surface area contributed by atoms with Crippen LogP contribution < -0.4 is 4.74 Å². The molecule has 2 fully saturated rings. The van der Waals surface area contributed by atoms with E-state index in [1.165, 1.54) is 56.9 Å². The van der Waals surface area contributed by atoms with Crippen LogP contribution >= 0.6 is 23.2 Å². The Kier molecular flexibility index (Phi) is 5.80. The summed E-state index contributed by atoms with van der Waals surface area (Å²) in [7, 11) is 1.63. The van der Waals surface area contributed by atoms with Crippen LogP contribution in [0.5, 0.6) is 5.75 Å². The van der Waals surface area contributed by atoms with Crippen LogP contribution in [0, 0.1) is 17.8 Å². The first kappa shape index (κ1) is 17.4. The van der Waals surface area contributed by atoms with E-state index in [1.54, 1.807) is 7.11 Å². The lowest BCUT2D eigenvalue weighted by Crippen LogP contribution is -2.24. The van der Waals surface area contributed by atoms with Crippen molar-refractivity contribution in [2.45, 2.75) is 64.2 Å². The van der Waals surface area contributed by atoms with Crippen molar-refractivity contribution in [3.05, 3.63) is 27.7 Å². The van der Waals surface area contributed by atoms with Gasteiger partial charge in [-0.15, -0.1) is 0 Å². The average molecular weight is 355 g/mol. The molecule has 23 heavy (non-hydrogen) atoms. The maximum absolute atomic E-state index is 6.50. The number of rotatable bonds is 3. The zero-order valence-corrected chi connectivity index (χ0v) is 15.8. The minimum Gasteiger partial charge on any atom is -0.495 e. The number of benzene rings is 1. The molecular formula is C20H28Cl2O. The first-order valence-corrected chi connectivity index (χ1v) is 9.87. The van der Waals surface area contributed by atoms with E-state index in [4.69, 9.17) is 27.9 Å². The van der Waals surface area contributed by atoms with Crippen LogP contribution in [-0.2, 0) is 0 Å². The zero-order valence-electron chi connectivity index (χ0n) is 14.3. The Morgan fingerprint density at radius 1 is 0.826 bits per heavy atom. The Labute approximate surface area is 150 Å². The van der Waals surface area contributed by atoms with Gasteiger partial charge in [0.1, 0.15) is 10.8 Å². The third kappa shape index (κ3) is 3.82. The Bertz CT molecular complexity index is 527. The van der Waals surface area contributed by atoms with Crippen molar-refractivity contribution in [3.63, 3.8) is 0 Å². The van der Waals surface area contributed by atoms with Crippen molar-refractivity contribution in [3.8, 4) is 5.75 Å². The molecule has 1 aromatic carbocycles. The summed E-state index contributed by atoms with van der Waals surface area (Å²) in [5, 5.41) is 1.26. The first-order valence-electron chi connectivity index (χ1n) is 9.12. The largest absolute Gasteiger partial charge is 0.495 e. The lowest BCUT2D eigenvalue weighted by atomic mass is 9.68. The van der Waals surface area contributed by atoms with Crippen LogP contribution in [-0.4, -0.2) is 7.11 Å². The van der Waals surface area contributed by atoms with Crippen molar-refractivity contribution in [1.29, 1.82) is 0 Å². The van der Waals surface area contributed by atoms with Crippen molar-refractivity contribution in [2.24, 2.45) is 17.8 Å². The standard InChI is InChI=1S/C20H28Cl2O/c1-13-3-5-14(6-4-13)15-7-9-16(10-8-15)17-11-12-18(23-2)20(22)19(17)21/h11-16H,3-10H2,1-2H3. The monoisotopic (exact) mass is 354 g/mol. The third-order valence-electron chi connectivity index (χ3n) is 6.24. The minimum atomic E-state index is 0.560. The molecule has 0 aromatic heterocycles. The smallest absolute Gasteiger partial charge is 0.138 e. The van der Waals surface area contributed by atoms with Crippen LogP contribution in [0.2, 0.25) is 10.0 Å². The second-order valence-electron chi connectivity index (χ2n) is 7.62. The summed E-state index contributed by atoms with van der Waals surface area (Å²) in [6, 6.07) is 4.07. The quantitative estimate of drug-likeness (QED) is 0.562. The van der Waals surface area contributed by atoms with Gasteiger partial charge in [0, 0.05) is 0 Å². The summed E-state index contributed by atoms with van der Waals surface area (Å²) in [5.41, 5.74) is 1.22. The molecule has 0 saturated heterocycles. The fraction of sp³-hybridized carbons (Fsp3) is 0.700. The highest BCUT2D eigenvalue weighted by atomic mass is 35.5. The molecule has 2 aliphatic rings. The molecule has 3 rings (SSSR count). The lowest BCUT2D eigenvalue weighted by Gasteiger charge is -2.37. The van der Waals surface area contributed by atoms with Gasteiger partial charge in [0.15, 0.2) is 0 Å². The molecule has 1 aromatic rings. The Morgan fingerprint density at radius 3 is 1.96 bits per heavy atom.